The molecule has 0 aromatic carbocycles. The van der Waals surface area contributed by atoms with Gasteiger partial charge in [-0.15, -0.1) is 0 Å². The highest BCUT2D eigenvalue weighted by Crippen LogP contribution is 2.26. The van der Waals surface area contributed by atoms with Crippen molar-refractivity contribution in [3.05, 3.63) is 22.4 Å². The molecule has 1 fully saturated rings. The van der Waals surface area contributed by atoms with Crippen LogP contribution in [0.3, 0.4) is 0 Å². The molecule has 1 heterocycles. The zero-order valence-electron chi connectivity index (χ0n) is 11.4. The second-order valence-corrected chi connectivity index (χ2v) is 6.17. The summed E-state index contributed by atoms with van der Waals surface area (Å²) in [6.45, 7) is 2.85. The van der Waals surface area contributed by atoms with E-state index in [4.69, 9.17) is 5.11 Å². The van der Waals surface area contributed by atoms with Crippen LogP contribution in [0.5, 0.6) is 0 Å². The van der Waals surface area contributed by atoms with E-state index in [0.717, 1.165) is 23.9 Å². The Kier molecular flexibility index (Phi) is 4.86. The van der Waals surface area contributed by atoms with Crippen LogP contribution >= 0.6 is 15.9 Å². The number of carbonyl (C=O) groups excluding carboxylic acids is 1. The van der Waals surface area contributed by atoms with Crippen LogP contribution < -0.4 is 5.32 Å². The second-order valence-electron chi connectivity index (χ2n) is 5.26. The molecule has 2 atom stereocenters. The molecule has 2 rings (SSSR count). The van der Waals surface area contributed by atoms with Crippen molar-refractivity contribution in [3.63, 3.8) is 0 Å². The minimum Gasteiger partial charge on any atom is -0.481 e. The van der Waals surface area contributed by atoms with Gasteiger partial charge in [-0.1, -0.05) is 6.92 Å². The zero-order valence-corrected chi connectivity index (χ0v) is 13.0. The zero-order chi connectivity index (χ0) is 14.7. The largest absolute Gasteiger partial charge is 0.481 e. The number of nitrogens with zero attached hydrogens (tertiary/aromatic N) is 1. The average Bonchev–Trinajstić information content (AvgIpc) is 2.97. The Labute approximate surface area is 126 Å². The van der Waals surface area contributed by atoms with Crippen molar-refractivity contribution in [1.82, 2.24) is 9.88 Å². The van der Waals surface area contributed by atoms with Gasteiger partial charge in [0, 0.05) is 23.3 Å². The number of aromatic nitrogens is 1. The van der Waals surface area contributed by atoms with Crippen LogP contribution in [0, 0.1) is 5.92 Å². The van der Waals surface area contributed by atoms with Gasteiger partial charge in [-0.3, -0.25) is 9.59 Å². The number of carboxylic acids is 1. The minimum absolute atomic E-state index is 0.0349. The molecule has 2 N–H and O–H groups in total. The van der Waals surface area contributed by atoms with Crippen LogP contribution in [0.25, 0.3) is 0 Å². The molecule has 1 saturated carbocycles. The minimum atomic E-state index is -0.765. The Morgan fingerprint density at radius 3 is 2.85 bits per heavy atom. The molecule has 1 aromatic rings. The highest BCUT2D eigenvalue weighted by Gasteiger charge is 2.31. The van der Waals surface area contributed by atoms with Crippen LogP contribution in [-0.4, -0.2) is 27.6 Å². The number of rotatable bonds is 5. The lowest BCUT2D eigenvalue weighted by atomic mass is 10.1. The van der Waals surface area contributed by atoms with Gasteiger partial charge in [0.1, 0.15) is 5.69 Å². The number of hydrogen-bond acceptors (Lipinski definition) is 2. The lowest BCUT2D eigenvalue weighted by Crippen LogP contribution is -2.34. The summed E-state index contributed by atoms with van der Waals surface area (Å²) >= 11 is 3.38. The highest BCUT2D eigenvalue weighted by atomic mass is 79.9. The van der Waals surface area contributed by atoms with Gasteiger partial charge >= 0.3 is 5.97 Å². The third-order valence-corrected chi connectivity index (χ3v) is 4.11. The number of aryl methyl sites for hydroxylation is 1. The van der Waals surface area contributed by atoms with Crippen LogP contribution in [0.15, 0.2) is 16.7 Å². The summed E-state index contributed by atoms with van der Waals surface area (Å²) in [5.74, 6) is -1.21. The summed E-state index contributed by atoms with van der Waals surface area (Å²) < 4.78 is 2.80. The molecule has 6 heteroatoms. The predicted octanol–water partition coefficient (Wildman–Crippen LogP) is 2.64. The molecule has 20 heavy (non-hydrogen) atoms. The number of aliphatic carboxylic acids is 1. The van der Waals surface area contributed by atoms with Gasteiger partial charge in [0.05, 0.1) is 5.92 Å². The van der Waals surface area contributed by atoms with Gasteiger partial charge in [-0.25, -0.2) is 0 Å². The van der Waals surface area contributed by atoms with Crippen LogP contribution in [0.4, 0.5) is 0 Å². The molecule has 1 aromatic heterocycles. The van der Waals surface area contributed by atoms with E-state index in [9.17, 15) is 9.59 Å². The fraction of sp³-hybridized carbons (Fsp3) is 0.571. The van der Waals surface area contributed by atoms with E-state index < -0.39 is 5.97 Å². The fourth-order valence-corrected chi connectivity index (χ4v) is 3.15. The molecule has 0 unspecified atom stereocenters. The maximum atomic E-state index is 12.3. The second kappa shape index (κ2) is 6.43. The van der Waals surface area contributed by atoms with Crippen molar-refractivity contribution < 1.29 is 14.7 Å². The predicted molar refractivity (Wildman–Crippen MR) is 78.7 cm³/mol. The standard InChI is InChI=1S/C14H19BrN2O3/c1-2-5-17-8-10(15)7-12(17)13(18)16-11-4-3-9(6-11)14(19)20/h7-9,11H,2-6H2,1H3,(H,16,18)(H,19,20)/t9-,11+/m1/s1. The summed E-state index contributed by atoms with van der Waals surface area (Å²) in [5, 5.41) is 11.9. The third-order valence-electron chi connectivity index (χ3n) is 3.68. The van der Waals surface area contributed by atoms with Gasteiger partial charge in [-0.2, -0.15) is 0 Å². The molecule has 110 valence electrons. The lowest BCUT2D eigenvalue weighted by molar-refractivity contribution is -0.141. The first-order valence-corrected chi connectivity index (χ1v) is 7.70. The average molecular weight is 343 g/mol. The maximum Gasteiger partial charge on any atom is 0.306 e. The van der Waals surface area contributed by atoms with E-state index in [2.05, 4.69) is 28.2 Å². The van der Waals surface area contributed by atoms with Crippen molar-refractivity contribution in [2.75, 3.05) is 0 Å². The first kappa shape index (κ1) is 15.1. The molecular weight excluding hydrogens is 324 g/mol. The SMILES string of the molecule is CCCn1cc(Br)cc1C(=O)N[C@H]1CC[C@@H](C(=O)O)C1. The molecule has 5 nitrogen and oxygen atoms in total. The van der Waals surface area contributed by atoms with Crippen molar-refractivity contribution >= 4 is 27.8 Å². The first-order valence-electron chi connectivity index (χ1n) is 6.90. The van der Waals surface area contributed by atoms with Gasteiger partial charge in [0.2, 0.25) is 0 Å². The van der Waals surface area contributed by atoms with Crippen molar-refractivity contribution in [2.24, 2.45) is 5.92 Å². The Bertz CT molecular complexity index is 513. The van der Waals surface area contributed by atoms with E-state index in [1.165, 1.54) is 0 Å². The molecule has 0 aliphatic heterocycles. The monoisotopic (exact) mass is 342 g/mol. The third kappa shape index (κ3) is 3.42. The number of halogens is 1. The molecule has 0 spiro atoms. The van der Waals surface area contributed by atoms with Crippen molar-refractivity contribution in [2.45, 2.75) is 45.2 Å². The number of carboxylic acid groups (broad SMARTS) is 1. The molecule has 1 aliphatic rings. The smallest absolute Gasteiger partial charge is 0.306 e. The number of hydrogen-bond donors (Lipinski definition) is 2. The molecule has 0 saturated heterocycles. The molecular formula is C14H19BrN2O3. The maximum absolute atomic E-state index is 12.3. The highest BCUT2D eigenvalue weighted by molar-refractivity contribution is 9.10. The van der Waals surface area contributed by atoms with Crippen LogP contribution in [0.2, 0.25) is 0 Å². The summed E-state index contributed by atoms with van der Waals surface area (Å²) in [6.07, 6.45) is 4.74. The van der Waals surface area contributed by atoms with E-state index >= 15 is 0 Å². The van der Waals surface area contributed by atoms with Crippen LogP contribution in [-0.2, 0) is 11.3 Å². The van der Waals surface area contributed by atoms with Gasteiger partial charge in [-0.05, 0) is 47.7 Å². The van der Waals surface area contributed by atoms with Crippen molar-refractivity contribution in [1.29, 1.82) is 0 Å². The van der Waals surface area contributed by atoms with E-state index in [1.807, 2.05) is 10.8 Å². The summed E-state index contributed by atoms with van der Waals surface area (Å²) in [7, 11) is 0. The van der Waals surface area contributed by atoms with Gasteiger partial charge < -0.3 is 15.0 Å². The topological polar surface area (TPSA) is 71.3 Å². The van der Waals surface area contributed by atoms with E-state index in [1.54, 1.807) is 6.07 Å². The molecule has 1 amide bonds. The quantitative estimate of drug-likeness (QED) is 0.863. The van der Waals surface area contributed by atoms with Crippen LogP contribution in [0.1, 0.15) is 43.1 Å². The molecule has 0 radical (unpaired) electrons. The van der Waals surface area contributed by atoms with E-state index in [0.29, 0.717) is 18.5 Å². The Balaban J connectivity index is 2.00. The van der Waals surface area contributed by atoms with E-state index in [-0.39, 0.29) is 17.9 Å². The number of nitrogens with one attached hydrogen (secondary N) is 1. The number of carbonyl (C=O) groups is 2. The Morgan fingerprint density at radius 2 is 2.25 bits per heavy atom. The van der Waals surface area contributed by atoms with Crippen molar-refractivity contribution in [3.8, 4) is 0 Å². The molecule has 1 aliphatic carbocycles. The summed E-state index contributed by atoms with van der Waals surface area (Å²) in [4.78, 5) is 23.2. The Hall–Kier alpha value is -1.30. The first-order chi connectivity index (χ1) is 9.51. The van der Waals surface area contributed by atoms with Gasteiger partial charge in [0.25, 0.3) is 5.91 Å². The Morgan fingerprint density at radius 1 is 1.50 bits per heavy atom. The normalized spacial score (nSPS) is 21.9. The number of amides is 1. The van der Waals surface area contributed by atoms with Gasteiger partial charge in [0.15, 0.2) is 0 Å². The molecule has 0 bridgehead atoms. The summed E-state index contributed by atoms with van der Waals surface area (Å²) in [6, 6.07) is 1.77. The summed E-state index contributed by atoms with van der Waals surface area (Å²) in [5.41, 5.74) is 0.623. The lowest BCUT2D eigenvalue weighted by Gasteiger charge is -2.13. The fourth-order valence-electron chi connectivity index (χ4n) is 2.69.